The molecule has 3 unspecified atom stereocenters. The van der Waals surface area contributed by atoms with Gasteiger partial charge in [0.25, 0.3) is 0 Å². The molecule has 1 aliphatic heterocycles. The van der Waals surface area contributed by atoms with E-state index in [9.17, 15) is 0 Å². The maximum atomic E-state index is 9.09. The van der Waals surface area contributed by atoms with Crippen molar-refractivity contribution in [2.24, 2.45) is 11.7 Å². The maximum absolute atomic E-state index is 9.09. The Hall–Kier alpha value is -0.120. The summed E-state index contributed by atoms with van der Waals surface area (Å²) in [7, 11) is 0. The van der Waals surface area contributed by atoms with Gasteiger partial charge in [-0.15, -0.1) is 0 Å². The Balaban J connectivity index is 2.19. The van der Waals surface area contributed by atoms with E-state index in [4.69, 9.17) is 10.8 Å². The number of aliphatic hydroxyl groups is 1. The monoisotopic (exact) mass is 172 g/mol. The summed E-state index contributed by atoms with van der Waals surface area (Å²) in [6.45, 7) is 7.09. The van der Waals surface area contributed by atoms with Gasteiger partial charge in [-0.3, -0.25) is 0 Å². The molecule has 0 amide bonds. The molecule has 1 fully saturated rings. The summed E-state index contributed by atoms with van der Waals surface area (Å²) in [6, 6.07) is 0.332. The van der Waals surface area contributed by atoms with Crippen LogP contribution in [-0.2, 0) is 0 Å². The van der Waals surface area contributed by atoms with E-state index < -0.39 is 0 Å². The SMILES string of the molecule is CC(O)CCN1CC(C)C(N)C1. The van der Waals surface area contributed by atoms with Crippen molar-refractivity contribution in [2.75, 3.05) is 19.6 Å². The molecule has 3 heteroatoms. The zero-order valence-electron chi connectivity index (χ0n) is 8.03. The average Bonchev–Trinajstić information content (AvgIpc) is 2.28. The van der Waals surface area contributed by atoms with Crippen molar-refractivity contribution >= 4 is 0 Å². The Morgan fingerprint density at radius 3 is 2.67 bits per heavy atom. The first-order valence-electron chi connectivity index (χ1n) is 4.75. The lowest BCUT2D eigenvalue weighted by atomic mass is 10.1. The third-order valence-corrected chi connectivity index (χ3v) is 2.61. The fraction of sp³-hybridized carbons (Fsp3) is 1.00. The van der Waals surface area contributed by atoms with E-state index in [2.05, 4.69) is 11.8 Å². The van der Waals surface area contributed by atoms with Crippen LogP contribution in [0.1, 0.15) is 20.3 Å². The molecule has 0 aromatic heterocycles. The number of hydrogen-bond acceptors (Lipinski definition) is 3. The van der Waals surface area contributed by atoms with E-state index in [0.717, 1.165) is 26.1 Å². The van der Waals surface area contributed by atoms with Gasteiger partial charge in [-0.1, -0.05) is 6.92 Å². The van der Waals surface area contributed by atoms with Crippen molar-refractivity contribution in [2.45, 2.75) is 32.4 Å². The molecule has 72 valence electrons. The highest BCUT2D eigenvalue weighted by molar-refractivity contribution is 4.83. The third kappa shape index (κ3) is 2.73. The zero-order chi connectivity index (χ0) is 9.14. The predicted octanol–water partition coefficient (Wildman–Crippen LogP) is 0.0363. The molecule has 0 saturated carbocycles. The zero-order valence-corrected chi connectivity index (χ0v) is 8.03. The summed E-state index contributed by atoms with van der Waals surface area (Å²) in [4.78, 5) is 2.34. The summed E-state index contributed by atoms with van der Waals surface area (Å²) >= 11 is 0. The third-order valence-electron chi connectivity index (χ3n) is 2.61. The second-order valence-electron chi connectivity index (χ2n) is 4.04. The Morgan fingerprint density at radius 1 is 1.58 bits per heavy atom. The summed E-state index contributed by atoms with van der Waals surface area (Å²) in [5.41, 5.74) is 5.87. The van der Waals surface area contributed by atoms with Gasteiger partial charge in [-0.2, -0.15) is 0 Å². The molecule has 3 nitrogen and oxygen atoms in total. The highest BCUT2D eigenvalue weighted by Crippen LogP contribution is 2.14. The van der Waals surface area contributed by atoms with Gasteiger partial charge in [0.05, 0.1) is 6.10 Å². The topological polar surface area (TPSA) is 49.5 Å². The van der Waals surface area contributed by atoms with Crippen LogP contribution in [-0.4, -0.2) is 41.8 Å². The van der Waals surface area contributed by atoms with Gasteiger partial charge < -0.3 is 15.7 Å². The molecule has 0 aromatic carbocycles. The van der Waals surface area contributed by atoms with Gasteiger partial charge in [0.2, 0.25) is 0 Å². The van der Waals surface area contributed by atoms with Gasteiger partial charge in [-0.25, -0.2) is 0 Å². The number of aliphatic hydroxyl groups excluding tert-OH is 1. The molecular weight excluding hydrogens is 152 g/mol. The molecule has 0 aromatic rings. The van der Waals surface area contributed by atoms with Gasteiger partial charge in [0.1, 0.15) is 0 Å². The normalized spacial score (nSPS) is 34.0. The molecule has 1 aliphatic rings. The van der Waals surface area contributed by atoms with Crippen LogP contribution in [0.25, 0.3) is 0 Å². The molecule has 1 saturated heterocycles. The molecule has 0 spiro atoms. The van der Waals surface area contributed by atoms with Gasteiger partial charge in [0.15, 0.2) is 0 Å². The number of likely N-dealkylation sites (tertiary alicyclic amines) is 1. The second-order valence-corrected chi connectivity index (χ2v) is 4.04. The molecule has 1 rings (SSSR count). The molecule has 3 N–H and O–H groups in total. The van der Waals surface area contributed by atoms with Crippen LogP contribution in [0.4, 0.5) is 0 Å². The number of nitrogens with two attached hydrogens (primary N) is 1. The first kappa shape index (κ1) is 9.96. The minimum Gasteiger partial charge on any atom is -0.393 e. The molecule has 1 heterocycles. The van der Waals surface area contributed by atoms with Crippen molar-refractivity contribution in [3.8, 4) is 0 Å². The molecule has 0 aliphatic carbocycles. The lowest BCUT2D eigenvalue weighted by Gasteiger charge is -2.15. The van der Waals surface area contributed by atoms with Crippen molar-refractivity contribution < 1.29 is 5.11 Å². The molecular formula is C9H20N2O. The smallest absolute Gasteiger partial charge is 0.0524 e. The van der Waals surface area contributed by atoms with Crippen LogP contribution in [0.2, 0.25) is 0 Å². The van der Waals surface area contributed by atoms with E-state index in [1.165, 1.54) is 0 Å². The van der Waals surface area contributed by atoms with Crippen LogP contribution in [0.15, 0.2) is 0 Å². The quantitative estimate of drug-likeness (QED) is 0.632. The van der Waals surface area contributed by atoms with Crippen molar-refractivity contribution in [3.63, 3.8) is 0 Å². The van der Waals surface area contributed by atoms with E-state index in [1.807, 2.05) is 6.92 Å². The van der Waals surface area contributed by atoms with Gasteiger partial charge >= 0.3 is 0 Å². The average molecular weight is 172 g/mol. The highest BCUT2D eigenvalue weighted by Gasteiger charge is 2.25. The fourth-order valence-electron chi connectivity index (χ4n) is 1.65. The minimum absolute atomic E-state index is 0.183. The maximum Gasteiger partial charge on any atom is 0.0524 e. The molecule has 3 atom stereocenters. The molecule has 12 heavy (non-hydrogen) atoms. The van der Waals surface area contributed by atoms with E-state index >= 15 is 0 Å². The number of nitrogens with zero attached hydrogens (tertiary/aromatic N) is 1. The van der Waals surface area contributed by atoms with Crippen molar-refractivity contribution in [1.82, 2.24) is 4.90 Å². The standard InChI is InChI=1S/C9H20N2O/c1-7-5-11(6-9(7)10)4-3-8(2)12/h7-9,12H,3-6,10H2,1-2H3. The fourth-order valence-corrected chi connectivity index (χ4v) is 1.65. The Morgan fingerprint density at radius 2 is 2.25 bits per heavy atom. The van der Waals surface area contributed by atoms with Crippen LogP contribution >= 0.6 is 0 Å². The highest BCUT2D eigenvalue weighted by atomic mass is 16.3. The number of hydrogen-bond donors (Lipinski definition) is 2. The van der Waals surface area contributed by atoms with Crippen molar-refractivity contribution in [1.29, 1.82) is 0 Å². The first-order valence-corrected chi connectivity index (χ1v) is 4.75. The van der Waals surface area contributed by atoms with Gasteiger partial charge in [-0.05, 0) is 19.3 Å². The van der Waals surface area contributed by atoms with E-state index in [-0.39, 0.29) is 6.10 Å². The Bertz CT molecular complexity index is 128. The summed E-state index contributed by atoms with van der Waals surface area (Å²) in [5.74, 6) is 0.610. The largest absolute Gasteiger partial charge is 0.393 e. The summed E-state index contributed by atoms with van der Waals surface area (Å²) < 4.78 is 0. The van der Waals surface area contributed by atoms with Crippen LogP contribution < -0.4 is 5.73 Å². The minimum atomic E-state index is -0.183. The second kappa shape index (κ2) is 4.21. The van der Waals surface area contributed by atoms with Crippen LogP contribution in [0, 0.1) is 5.92 Å². The van der Waals surface area contributed by atoms with E-state index in [0.29, 0.717) is 12.0 Å². The predicted molar refractivity (Wildman–Crippen MR) is 49.9 cm³/mol. The lowest BCUT2D eigenvalue weighted by molar-refractivity contribution is 0.163. The van der Waals surface area contributed by atoms with E-state index in [1.54, 1.807) is 0 Å². The van der Waals surface area contributed by atoms with Gasteiger partial charge in [0, 0.05) is 25.7 Å². The van der Waals surface area contributed by atoms with Crippen molar-refractivity contribution in [3.05, 3.63) is 0 Å². The lowest BCUT2D eigenvalue weighted by Crippen LogP contribution is -2.29. The molecule has 0 radical (unpaired) electrons. The van der Waals surface area contributed by atoms with Crippen LogP contribution in [0.5, 0.6) is 0 Å². The first-order chi connectivity index (χ1) is 5.59. The Labute approximate surface area is 74.5 Å². The molecule has 0 bridgehead atoms. The summed E-state index contributed by atoms with van der Waals surface area (Å²) in [5, 5.41) is 9.09. The Kier molecular flexibility index (Phi) is 3.50. The summed E-state index contributed by atoms with van der Waals surface area (Å²) in [6.07, 6.45) is 0.677. The number of rotatable bonds is 3. The van der Waals surface area contributed by atoms with Crippen LogP contribution in [0.3, 0.4) is 0 Å².